The maximum absolute atomic E-state index is 13.5. The average molecular weight is 253 g/mol. The SMILES string of the molecule is CCNCCC(C)CCc1ccc(OC)c(F)c1. The molecule has 0 spiro atoms. The molecule has 1 rings (SSSR count). The number of aryl methyl sites for hydroxylation is 1. The summed E-state index contributed by atoms with van der Waals surface area (Å²) in [4.78, 5) is 0. The van der Waals surface area contributed by atoms with Crippen molar-refractivity contribution >= 4 is 0 Å². The predicted molar refractivity (Wildman–Crippen MR) is 73.6 cm³/mol. The standard InChI is InChI=1S/C15H24FNO/c1-4-17-10-9-12(2)5-6-13-7-8-15(18-3)14(16)11-13/h7-8,11-12,17H,4-6,9-10H2,1-3H3. The second-order valence-electron chi connectivity index (χ2n) is 4.75. The lowest BCUT2D eigenvalue weighted by Crippen LogP contribution is -2.16. The van der Waals surface area contributed by atoms with Crippen molar-refractivity contribution < 1.29 is 9.13 Å². The lowest BCUT2D eigenvalue weighted by atomic mass is 9.98. The minimum Gasteiger partial charge on any atom is -0.494 e. The molecule has 0 radical (unpaired) electrons. The summed E-state index contributed by atoms with van der Waals surface area (Å²) in [5, 5.41) is 3.32. The van der Waals surface area contributed by atoms with Gasteiger partial charge in [0.25, 0.3) is 0 Å². The van der Waals surface area contributed by atoms with Gasteiger partial charge in [0.15, 0.2) is 11.6 Å². The first-order valence-electron chi connectivity index (χ1n) is 6.70. The zero-order valence-electron chi connectivity index (χ0n) is 11.6. The number of hydrogen-bond acceptors (Lipinski definition) is 2. The average Bonchev–Trinajstić information content (AvgIpc) is 2.37. The van der Waals surface area contributed by atoms with Gasteiger partial charge in [-0.1, -0.05) is 19.9 Å². The van der Waals surface area contributed by atoms with E-state index in [2.05, 4.69) is 19.2 Å². The van der Waals surface area contributed by atoms with E-state index in [-0.39, 0.29) is 5.82 Å². The Morgan fingerprint density at radius 2 is 2.11 bits per heavy atom. The lowest BCUT2D eigenvalue weighted by molar-refractivity contribution is 0.386. The van der Waals surface area contributed by atoms with Crippen LogP contribution in [0.4, 0.5) is 4.39 Å². The summed E-state index contributed by atoms with van der Waals surface area (Å²) in [5.41, 5.74) is 1.05. The number of ether oxygens (including phenoxy) is 1. The molecular weight excluding hydrogens is 229 g/mol. The molecule has 1 N–H and O–H groups in total. The highest BCUT2D eigenvalue weighted by Gasteiger charge is 2.06. The molecule has 0 bridgehead atoms. The van der Waals surface area contributed by atoms with Crippen molar-refractivity contribution in [2.24, 2.45) is 5.92 Å². The molecule has 18 heavy (non-hydrogen) atoms. The second kappa shape index (κ2) is 8.09. The van der Waals surface area contributed by atoms with Gasteiger partial charge in [-0.25, -0.2) is 4.39 Å². The van der Waals surface area contributed by atoms with E-state index in [0.717, 1.165) is 31.5 Å². The maximum Gasteiger partial charge on any atom is 0.165 e. The summed E-state index contributed by atoms with van der Waals surface area (Å²) in [6.45, 7) is 6.45. The molecule has 0 aliphatic rings. The number of benzene rings is 1. The van der Waals surface area contributed by atoms with Gasteiger partial charge in [0.1, 0.15) is 0 Å². The molecule has 1 aromatic rings. The first-order chi connectivity index (χ1) is 8.67. The Morgan fingerprint density at radius 1 is 1.33 bits per heavy atom. The van der Waals surface area contributed by atoms with Crippen molar-refractivity contribution in [3.05, 3.63) is 29.6 Å². The molecule has 1 unspecified atom stereocenters. The highest BCUT2D eigenvalue weighted by molar-refractivity contribution is 5.29. The van der Waals surface area contributed by atoms with Crippen molar-refractivity contribution in [1.82, 2.24) is 5.32 Å². The number of halogens is 1. The van der Waals surface area contributed by atoms with E-state index in [1.165, 1.54) is 13.5 Å². The van der Waals surface area contributed by atoms with Crippen LogP contribution < -0.4 is 10.1 Å². The van der Waals surface area contributed by atoms with Gasteiger partial charge >= 0.3 is 0 Å². The fraction of sp³-hybridized carbons (Fsp3) is 0.600. The molecule has 0 saturated heterocycles. The van der Waals surface area contributed by atoms with Gasteiger partial charge in [-0.15, -0.1) is 0 Å². The summed E-state index contributed by atoms with van der Waals surface area (Å²) in [6, 6.07) is 5.22. The van der Waals surface area contributed by atoms with Crippen LogP contribution in [-0.2, 0) is 6.42 Å². The van der Waals surface area contributed by atoms with Crippen molar-refractivity contribution in [3.63, 3.8) is 0 Å². The van der Waals surface area contributed by atoms with Crippen LogP contribution in [0.5, 0.6) is 5.75 Å². The van der Waals surface area contributed by atoms with E-state index in [0.29, 0.717) is 11.7 Å². The largest absolute Gasteiger partial charge is 0.494 e. The summed E-state index contributed by atoms with van der Waals surface area (Å²) in [6.07, 6.45) is 3.19. The number of nitrogens with one attached hydrogen (secondary N) is 1. The molecule has 102 valence electrons. The molecule has 1 atom stereocenters. The van der Waals surface area contributed by atoms with Crippen LogP contribution in [0.25, 0.3) is 0 Å². The smallest absolute Gasteiger partial charge is 0.165 e. The van der Waals surface area contributed by atoms with Gasteiger partial charge in [0.2, 0.25) is 0 Å². The van der Waals surface area contributed by atoms with E-state index >= 15 is 0 Å². The predicted octanol–water partition coefficient (Wildman–Crippen LogP) is 3.40. The van der Waals surface area contributed by atoms with Gasteiger partial charge in [0.05, 0.1) is 7.11 Å². The molecule has 0 saturated carbocycles. The summed E-state index contributed by atoms with van der Waals surface area (Å²) in [5.74, 6) is 0.712. The van der Waals surface area contributed by atoms with Crippen LogP contribution in [0, 0.1) is 11.7 Å². The molecule has 1 aromatic carbocycles. The molecular formula is C15H24FNO. The zero-order valence-corrected chi connectivity index (χ0v) is 11.6. The Kier molecular flexibility index (Phi) is 6.73. The molecule has 0 aromatic heterocycles. The van der Waals surface area contributed by atoms with Gasteiger partial charge < -0.3 is 10.1 Å². The monoisotopic (exact) mass is 253 g/mol. The molecule has 0 aliphatic carbocycles. The molecule has 0 fully saturated rings. The molecule has 0 amide bonds. The van der Waals surface area contributed by atoms with Crippen molar-refractivity contribution in [3.8, 4) is 5.75 Å². The van der Waals surface area contributed by atoms with E-state index in [1.54, 1.807) is 12.1 Å². The molecule has 2 nitrogen and oxygen atoms in total. The Morgan fingerprint density at radius 3 is 2.72 bits per heavy atom. The normalized spacial score (nSPS) is 12.4. The lowest BCUT2D eigenvalue weighted by Gasteiger charge is -2.12. The van der Waals surface area contributed by atoms with Crippen LogP contribution in [0.1, 0.15) is 32.3 Å². The third-order valence-electron chi connectivity index (χ3n) is 3.21. The van der Waals surface area contributed by atoms with Crippen LogP contribution in [-0.4, -0.2) is 20.2 Å². The van der Waals surface area contributed by atoms with E-state index in [9.17, 15) is 4.39 Å². The summed E-state index contributed by atoms with van der Waals surface area (Å²) < 4.78 is 18.4. The quantitative estimate of drug-likeness (QED) is 0.717. The van der Waals surface area contributed by atoms with Gasteiger partial charge in [-0.05, 0) is 56.0 Å². The van der Waals surface area contributed by atoms with Crippen LogP contribution >= 0.6 is 0 Å². The Labute approximate surface area is 110 Å². The zero-order chi connectivity index (χ0) is 13.4. The molecule has 3 heteroatoms. The first-order valence-corrected chi connectivity index (χ1v) is 6.70. The Balaban J connectivity index is 2.36. The van der Waals surface area contributed by atoms with Crippen molar-refractivity contribution in [2.45, 2.75) is 33.1 Å². The second-order valence-corrected chi connectivity index (χ2v) is 4.75. The maximum atomic E-state index is 13.5. The third kappa shape index (κ3) is 5.05. The third-order valence-corrected chi connectivity index (χ3v) is 3.21. The van der Waals surface area contributed by atoms with E-state index < -0.39 is 0 Å². The van der Waals surface area contributed by atoms with Gasteiger partial charge in [0, 0.05) is 0 Å². The topological polar surface area (TPSA) is 21.3 Å². The first kappa shape index (κ1) is 15.0. The molecule has 0 aliphatic heterocycles. The van der Waals surface area contributed by atoms with Crippen LogP contribution in [0.15, 0.2) is 18.2 Å². The highest BCUT2D eigenvalue weighted by atomic mass is 19.1. The number of rotatable bonds is 8. The summed E-state index contributed by atoms with van der Waals surface area (Å²) >= 11 is 0. The molecule has 0 heterocycles. The van der Waals surface area contributed by atoms with Gasteiger partial charge in [-0.2, -0.15) is 0 Å². The minimum absolute atomic E-state index is 0.268. The Bertz CT molecular complexity index is 354. The number of methoxy groups -OCH3 is 1. The van der Waals surface area contributed by atoms with E-state index in [4.69, 9.17) is 4.74 Å². The summed E-state index contributed by atoms with van der Waals surface area (Å²) in [7, 11) is 1.49. The minimum atomic E-state index is -0.268. The van der Waals surface area contributed by atoms with Gasteiger partial charge in [-0.3, -0.25) is 0 Å². The fourth-order valence-corrected chi connectivity index (χ4v) is 1.95. The van der Waals surface area contributed by atoms with Crippen molar-refractivity contribution in [2.75, 3.05) is 20.2 Å². The van der Waals surface area contributed by atoms with Crippen LogP contribution in [0.2, 0.25) is 0 Å². The Hall–Kier alpha value is -1.09. The number of hydrogen-bond donors (Lipinski definition) is 1. The van der Waals surface area contributed by atoms with Crippen molar-refractivity contribution in [1.29, 1.82) is 0 Å². The highest BCUT2D eigenvalue weighted by Crippen LogP contribution is 2.20. The van der Waals surface area contributed by atoms with E-state index in [1.807, 2.05) is 6.07 Å². The fourth-order valence-electron chi connectivity index (χ4n) is 1.95. The van der Waals surface area contributed by atoms with Crippen LogP contribution in [0.3, 0.4) is 0 Å².